The first kappa shape index (κ1) is 16.0. The second-order valence-corrected chi connectivity index (χ2v) is 5.10. The first-order valence-electron chi connectivity index (χ1n) is 6.69. The number of piperidine rings is 1. The number of carbonyl (C=O) groups excluding carboxylic acids is 1. The van der Waals surface area contributed by atoms with Crippen molar-refractivity contribution in [3.63, 3.8) is 0 Å². The second kappa shape index (κ2) is 6.91. The molecule has 1 aromatic rings. The van der Waals surface area contributed by atoms with Gasteiger partial charge in [-0.1, -0.05) is 6.92 Å². The topological polar surface area (TPSA) is 64.2 Å². The minimum Gasteiger partial charge on any atom is -0.334 e. The van der Waals surface area contributed by atoms with Crippen molar-refractivity contribution < 1.29 is 4.79 Å². The summed E-state index contributed by atoms with van der Waals surface area (Å²) in [6.07, 6.45) is 5.53. The predicted octanol–water partition coefficient (Wildman–Crippen LogP) is 1.52. The number of rotatable bonds is 3. The number of aromatic nitrogens is 2. The van der Waals surface area contributed by atoms with Gasteiger partial charge in [-0.3, -0.25) is 9.48 Å². The molecule has 2 N–H and O–H groups in total. The van der Waals surface area contributed by atoms with Crippen molar-refractivity contribution in [3.05, 3.63) is 18.0 Å². The lowest BCUT2D eigenvalue weighted by Gasteiger charge is -2.37. The van der Waals surface area contributed by atoms with E-state index < -0.39 is 0 Å². The summed E-state index contributed by atoms with van der Waals surface area (Å²) in [7, 11) is 0. The van der Waals surface area contributed by atoms with Crippen LogP contribution in [0, 0.1) is 5.92 Å². The average Bonchev–Trinajstić information content (AvgIpc) is 2.86. The van der Waals surface area contributed by atoms with Crippen LogP contribution in [0.5, 0.6) is 0 Å². The molecule has 0 spiro atoms. The molecule has 2 rings (SSSR count). The highest BCUT2D eigenvalue weighted by Gasteiger charge is 2.29. The third kappa shape index (κ3) is 3.48. The summed E-state index contributed by atoms with van der Waals surface area (Å²) in [6.45, 7) is 6.36. The highest BCUT2D eigenvalue weighted by molar-refractivity contribution is 5.94. The summed E-state index contributed by atoms with van der Waals surface area (Å²) >= 11 is 0. The van der Waals surface area contributed by atoms with Crippen LogP contribution in [0.1, 0.15) is 37.0 Å². The highest BCUT2D eigenvalue weighted by Crippen LogP contribution is 2.23. The largest absolute Gasteiger partial charge is 0.334 e. The minimum absolute atomic E-state index is 0. The molecule has 2 atom stereocenters. The zero-order chi connectivity index (χ0) is 13.1. The SMILES string of the molecule is CCn1cc(C(=O)N2CCC(C)CC2CN)cn1.Cl. The van der Waals surface area contributed by atoms with Gasteiger partial charge in [0.25, 0.3) is 5.91 Å². The summed E-state index contributed by atoms with van der Waals surface area (Å²) in [5.41, 5.74) is 6.46. The molecule has 0 saturated carbocycles. The van der Waals surface area contributed by atoms with Gasteiger partial charge in [0.2, 0.25) is 0 Å². The lowest BCUT2D eigenvalue weighted by atomic mass is 9.92. The fourth-order valence-electron chi connectivity index (χ4n) is 2.56. The van der Waals surface area contributed by atoms with Crippen LogP contribution in [0.25, 0.3) is 0 Å². The first-order valence-corrected chi connectivity index (χ1v) is 6.69. The van der Waals surface area contributed by atoms with E-state index in [1.165, 1.54) is 0 Å². The van der Waals surface area contributed by atoms with Gasteiger partial charge in [-0.15, -0.1) is 12.4 Å². The molecule has 2 unspecified atom stereocenters. The van der Waals surface area contributed by atoms with Crippen molar-refractivity contribution in [1.29, 1.82) is 0 Å². The van der Waals surface area contributed by atoms with Crippen LogP contribution in [0.15, 0.2) is 12.4 Å². The van der Waals surface area contributed by atoms with E-state index in [1.54, 1.807) is 10.9 Å². The molecule has 0 bridgehead atoms. The Morgan fingerprint density at radius 1 is 1.58 bits per heavy atom. The molecule has 1 aromatic heterocycles. The van der Waals surface area contributed by atoms with Crippen molar-refractivity contribution in [2.45, 2.75) is 39.3 Å². The molecule has 19 heavy (non-hydrogen) atoms. The van der Waals surface area contributed by atoms with E-state index in [2.05, 4.69) is 12.0 Å². The molecule has 6 heteroatoms. The van der Waals surface area contributed by atoms with E-state index in [-0.39, 0.29) is 24.4 Å². The Bertz CT molecular complexity index is 421. The van der Waals surface area contributed by atoms with Gasteiger partial charge in [-0.25, -0.2) is 0 Å². The Hall–Kier alpha value is -1.07. The fourth-order valence-corrected chi connectivity index (χ4v) is 2.56. The normalized spacial score (nSPS) is 23.0. The molecule has 2 heterocycles. The molecule has 1 aliphatic rings. The third-order valence-electron chi connectivity index (χ3n) is 3.72. The van der Waals surface area contributed by atoms with Gasteiger partial charge in [0, 0.05) is 31.9 Å². The van der Waals surface area contributed by atoms with E-state index in [9.17, 15) is 4.79 Å². The van der Waals surface area contributed by atoms with Crippen LogP contribution in [0.3, 0.4) is 0 Å². The number of amides is 1. The van der Waals surface area contributed by atoms with E-state index in [4.69, 9.17) is 5.73 Å². The van der Waals surface area contributed by atoms with E-state index in [1.807, 2.05) is 18.0 Å². The molecule has 1 amide bonds. The van der Waals surface area contributed by atoms with Crippen molar-refractivity contribution in [2.24, 2.45) is 11.7 Å². The third-order valence-corrected chi connectivity index (χ3v) is 3.72. The Balaban J connectivity index is 0.00000180. The molecule has 1 saturated heterocycles. The smallest absolute Gasteiger partial charge is 0.257 e. The monoisotopic (exact) mass is 286 g/mol. The maximum Gasteiger partial charge on any atom is 0.257 e. The molecular formula is C13H23ClN4O. The zero-order valence-corrected chi connectivity index (χ0v) is 12.4. The van der Waals surface area contributed by atoms with Crippen molar-refractivity contribution >= 4 is 18.3 Å². The Labute approximate surface area is 120 Å². The van der Waals surface area contributed by atoms with Gasteiger partial charge >= 0.3 is 0 Å². The van der Waals surface area contributed by atoms with Crippen LogP contribution < -0.4 is 5.73 Å². The molecule has 1 fully saturated rings. The number of hydrogen-bond donors (Lipinski definition) is 1. The van der Waals surface area contributed by atoms with Crippen LogP contribution in [-0.2, 0) is 6.54 Å². The van der Waals surface area contributed by atoms with Gasteiger partial charge in [0.1, 0.15) is 0 Å². The quantitative estimate of drug-likeness (QED) is 0.916. The standard InChI is InChI=1S/C13H22N4O.ClH/c1-3-16-9-11(8-15-16)13(18)17-5-4-10(2)6-12(17)7-14;/h8-10,12H,3-7,14H2,1-2H3;1H. The zero-order valence-electron chi connectivity index (χ0n) is 11.6. The van der Waals surface area contributed by atoms with Crippen LogP contribution in [0.2, 0.25) is 0 Å². The summed E-state index contributed by atoms with van der Waals surface area (Å²) in [5.74, 6) is 0.720. The van der Waals surface area contributed by atoms with Crippen LogP contribution >= 0.6 is 12.4 Å². The number of halogens is 1. The molecule has 5 nitrogen and oxygen atoms in total. The molecule has 0 aliphatic carbocycles. The van der Waals surface area contributed by atoms with Gasteiger partial charge in [-0.05, 0) is 25.7 Å². The summed E-state index contributed by atoms with van der Waals surface area (Å²) in [6, 6.07) is 0.172. The van der Waals surface area contributed by atoms with Gasteiger partial charge in [-0.2, -0.15) is 5.10 Å². The molecule has 1 aliphatic heterocycles. The molecule has 0 aromatic carbocycles. The van der Waals surface area contributed by atoms with Gasteiger partial charge < -0.3 is 10.6 Å². The minimum atomic E-state index is 0. The number of hydrogen-bond acceptors (Lipinski definition) is 3. The first-order chi connectivity index (χ1) is 8.65. The van der Waals surface area contributed by atoms with Crippen molar-refractivity contribution in [2.75, 3.05) is 13.1 Å². The number of nitrogens with zero attached hydrogens (tertiary/aromatic N) is 3. The Morgan fingerprint density at radius 3 is 2.89 bits per heavy atom. The van der Waals surface area contributed by atoms with E-state index in [0.717, 1.165) is 25.9 Å². The maximum atomic E-state index is 12.4. The average molecular weight is 287 g/mol. The van der Waals surface area contributed by atoms with E-state index in [0.29, 0.717) is 18.0 Å². The predicted molar refractivity (Wildman–Crippen MR) is 77.4 cm³/mol. The van der Waals surface area contributed by atoms with Crippen LogP contribution in [0.4, 0.5) is 0 Å². The molecule has 0 radical (unpaired) electrons. The lowest BCUT2D eigenvalue weighted by Crippen LogP contribution is -2.49. The highest BCUT2D eigenvalue weighted by atomic mass is 35.5. The fraction of sp³-hybridized carbons (Fsp3) is 0.692. The Kier molecular flexibility index (Phi) is 5.82. The molecular weight excluding hydrogens is 264 g/mol. The van der Waals surface area contributed by atoms with Gasteiger partial charge in [0.15, 0.2) is 0 Å². The number of carbonyl (C=O) groups is 1. The van der Waals surface area contributed by atoms with Gasteiger partial charge in [0.05, 0.1) is 11.8 Å². The summed E-state index contributed by atoms with van der Waals surface area (Å²) < 4.78 is 1.78. The summed E-state index contributed by atoms with van der Waals surface area (Å²) in [5, 5.41) is 4.15. The van der Waals surface area contributed by atoms with E-state index >= 15 is 0 Å². The number of nitrogens with two attached hydrogens (primary N) is 1. The van der Waals surface area contributed by atoms with Crippen LogP contribution in [-0.4, -0.2) is 39.7 Å². The second-order valence-electron chi connectivity index (χ2n) is 5.10. The number of aryl methyl sites for hydroxylation is 1. The molecule has 108 valence electrons. The Morgan fingerprint density at radius 2 is 2.32 bits per heavy atom. The van der Waals surface area contributed by atoms with Crippen molar-refractivity contribution in [3.8, 4) is 0 Å². The number of likely N-dealkylation sites (tertiary alicyclic amines) is 1. The summed E-state index contributed by atoms with van der Waals surface area (Å²) in [4.78, 5) is 14.3. The lowest BCUT2D eigenvalue weighted by molar-refractivity contribution is 0.0573. The van der Waals surface area contributed by atoms with Crippen molar-refractivity contribution in [1.82, 2.24) is 14.7 Å². The maximum absolute atomic E-state index is 12.4.